The zero-order valence-electron chi connectivity index (χ0n) is 16.6. The van der Waals surface area contributed by atoms with E-state index >= 15 is 0 Å². The van der Waals surface area contributed by atoms with Gasteiger partial charge in [0.1, 0.15) is 11.2 Å². The van der Waals surface area contributed by atoms with Gasteiger partial charge in [-0.25, -0.2) is 9.07 Å². The number of H-pyrrole nitrogens is 1. The molecule has 1 aromatic carbocycles. The molecule has 0 amide bonds. The molecule has 9 heteroatoms. The van der Waals surface area contributed by atoms with E-state index in [1.165, 1.54) is 6.07 Å². The number of nitrogens with one attached hydrogen (secondary N) is 1. The number of rotatable bonds is 2. The highest BCUT2D eigenvalue weighted by Gasteiger charge is 2.24. The van der Waals surface area contributed by atoms with Crippen molar-refractivity contribution in [2.45, 2.75) is 26.3 Å². The van der Waals surface area contributed by atoms with E-state index in [-0.39, 0.29) is 11.1 Å². The average molecular weight is 395 g/mol. The van der Waals surface area contributed by atoms with E-state index in [9.17, 15) is 9.18 Å². The van der Waals surface area contributed by atoms with Crippen LogP contribution in [0.4, 0.5) is 16.0 Å². The Morgan fingerprint density at radius 3 is 2.48 bits per heavy atom. The van der Waals surface area contributed by atoms with Crippen LogP contribution in [0, 0.1) is 17.1 Å². The van der Waals surface area contributed by atoms with Crippen LogP contribution < -0.4 is 15.4 Å². The predicted molar refractivity (Wildman–Crippen MR) is 109 cm³/mol. The number of fused-ring (bicyclic) bond motifs is 1. The molecule has 1 aliphatic rings. The van der Waals surface area contributed by atoms with Gasteiger partial charge < -0.3 is 9.80 Å². The van der Waals surface area contributed by atoms with Crippen LogP contribution in [0.25, 0.3) is 11.0 Å². The maximum atomic E-state index is 14.3. The molecule has 0 bridgehead atoms. The van der Waals surface area contributed by atoms with E-state index in [0.717, 1.165) is 0 Å². The molecule has 29 heavy (non-hydrogen) atoms. The van der Waals surface area contributed by atoms with Gasteiger partial charge in [-0.3, -0.25) is 9.78 Å². The first kappa shape index (κ1) is 18.9. The highest BCUT2D eigenvalue weighted by Crippen LogP contribution is 2.24. The molecule has 1 fully saturated rings. The van der Waals surface area contributed by atoms with E-state index in [2.05, 4.69) is 15.1 Å². The summed E-state index contributed by atoms with van der Waals surface area (Å²) in [6.07, 6.45) is 1.54. The third-order valence-corrected chi connectivity index (χ3v) is 5.06. The minimum Gasteiger partial charge on any atom is -0.366 e. The lowest BCUT2D eigenvalue weighted by Gasteiger charge is -2.36. The van der Waals surface area contributed by atoms with Gasteiger partial charge in [0.15, 0.2) is 5.65 Å². The van der Waals surface area contributed by atoms with E-state index in [0.29, 0.717) is 54.4 Å². The number of aromatic amines is 1. The number of anilines is 2. The minimum absolute atomic E-state index is 0.221. The predicted octanol–water partition coefficient (Wildman–Crippen LogP) is 2.21. The van der Waals surface area contributed by atoms with Gasteiger partial charge in [0.05, 0.1) is 29.1 Å². The van der Waals surface area contributed by atoms with Gasteiger partial charge in [-0.15, -0.1) is 0 Å². The Bertz CT molecular complexity index is 1160. The third-order valence-electron chi connectivity index (χ3n) is 5.06. The molecule has 1 saturated heterocycles. The van der Waals surface area contributed by atoms with Crippen LogP contribution in [0.2, 0.25) is 0 Å². The summed E-state index contributed by atoms with van der Waals surface area (Å²) in [7, 11) is 0. The van der Waals surface area contributed by atoms with Gasteiger partial charge in [-0.05, 0) is 39.0 Å². The summed E-state index contributed by atoms with van der Waals surface area (Å²) in [6.45, 7) is 8.33. The fraction of sp³-hybridized carbons (Fsp3) is 0.400. The van der Waals surface area contributed by atoms with Gasteiger partial charge in [0.2, 0.25) is 5.95 Å². The van der Waals surface area contributed by atoms with Crippen LogP contribution in [0.15, 0.2) is 29.2 Å². The fourth-order valence-corrected chi connectivity index (χ4v) is 3.54. The number of aromatic nitrogens is 4. The molecule has 1 aliphatic heterocycles. The van der Waals surface area contributed by atoms with Crippen molar-refractivity contribution in [3.63, 3.8) is 0 Å². The molecule has 0 saturated carbocycles. The Kier molecular flexibility index (Phi) is 4.49. The number of hydrogen-bond donors (Lipinski definition) is 1. The van der Waals surface area contributed by atoms with Crippen LogP contribution in [-0.4, -0.2) is 45.9 Å². The molecule has 2 aromatic heterocycles. The molecular weight excluding hydrogens is 373 g/mol. The Labute approximate surface area is 167 Å². The second kappa shape index (κ2) is 6.88. The SMILES string of the molecule is CC(C)(C)n1ncc2c(=O)[nH]c(N3CCN(c4ccc(C#N)cc4F)CC3)nc21. The Morgan fingerprint density at radius 2 is 1.86 bits per heavy atom. The quantitative estimate of drug-likeness (QED) is 0.715. The molecule has 0 spiro atoms. The maximum Gasteiger partial charge on any atom is 0.263 e. The Morgan fingerprint density at radius 1 is 1.17 bits per heavy atom. The van der Waals surface area contributed by atoms with Gasteiger partial charge in [0.25, 0.3) is 5.56 Å². The first-order valence-electron chi connectivity index (χ1n) is 9.46. The summed E-state index contributed by atoms with van der Waals surface area (Å²) in [5, 5.41) is 13.7. The van der Waals surface area contributed by atoms with Crippen molar-refractivity contribution in [3.8, 4) is 6.07 Å². The molecule has 1 N–H and O–H groups in total. The molecule has 0 atom stereocenters. The smallest absolute Gasteiger partial charge is 0.263 e. The van der Waals surface area contributed by atoms with Crippen molar-refractivity contribution in [3.05, 3.63) is 46.1 Å². The lowest BCUT2D eigenvalue weighted by molar-refractivity contribution is 0.366. The fourth-order valence-electron chi connectivity index (χ4n) is 3.54. The number of halogens is 1. The van der Waals surface area contributed by atoms with E-state index < -0.39 is 5.82 Å². The van der Waals surface area contributed by atoms with Crippen LogP contribution in [0.1, 0.15) is 26.3 Å². The number of hydrogen-bond acceptors (Lipinski definition) is 6. The van der Waals surface area contributed by atoms with Crippen molar-refractivity contribution < 1.29 is 4.39 Å². The Hall–Kier alpha value is -3.41. The first-order valence-corrected chi connectivity index (χ1v) is 9.46. The van der Waals surface area contributed by atoms with Crippen molar-refractivity contribution in [2.75, 3.05) is 36.0 Å². The van der Waals surface area contributed by atoms with Gasteiger partial charge >= 0.3 is 0 Å². The topological polar surface area (TPSA) is 93.8 Å². The number of piperazine rings is 1. The van der Waals surface area contributed by atoms with E-state index in [4.69, 9.17) is 5.26 Å². The van der Waals surface area contributed by atoms with Crippen LogP contribution in [-0.2, 0) is 5.54 Å². The lowest BCUT2D eigenvalue weighted by atomic mass is 10.1. The summed E-state index contributed by atoms with van der Waals surface area (Å²) < 4.78 is 16.1. The normalized spacial score (nSPS) is 15.0. The second-order valence-electron chi connectivity index (χ2n) is 8.11. The molecule has 8 nitrogen and oxygen atoms in total. The summed E-state index contributed by atoms with van der Waals surface area (Å²) in [5.74, 6) is 0.0907. The number of nitriles is 1. The third kappa shape index (κ3) is 3.42. The largest absolute Gasteiger partial charge is 0.366 e. The zero-order valence-corrected chi connectivity index (χ0v) is 16.6. The number of nitrogens with zero attached hydrogens (tertiary/aromatic N) is 6. The zero-order chi connectivity index (χ0) is 20.8. The molecule has 3 aromatic rings. The Balaban J connectivity index is 1.58. The van der Waals surface area contributed by atoms with Gasteiger partial charge in [0, 0.05) is 26.2 Å². The van der Waals surface area contributed by atoms with Crippen molar-refractivity contribution in [1.82, 2.24) is 19.7 Å². The highest BCUT2D eigenvalue weighted by atomic mass is 19.1. The standard InChI is InChI=1S/C20H22FN7O/c1-20(2,3)28-17-14(12-23-28)18(29)25-19(24-17)27-8-6-26(7-9-27)16-5-4-13(11-22)10-15(16)21/h4-5,10,12H,6-9H2,1-3H3,(H,24,25,29). The van der Waals surface area contributed by atoms with Crippen LogP contribution >= 0.6 is 0 Å². The second-order valence-corrected chi connectivity index (χ2v) is 8.11. The van der Waals surface area contributed by atoms with Crippen LogP contribution in [0.5, 0.6) is 0 Å². The summed E-state index contributed by atoms with van der Waals surface area (Å²) in [5.41, 5.74) is 0.811. The molecule has 3 heterocycles. The van der Waals surface area contributed by atoms with Crippen LogP contribution in [0.3, 0.4) is 0 Å². The van der Waals surface area contributed by atoms with E-state index in [1.54, 1.807) is 23.0 Å². The molecule has 0 aliphatic carbocycles. The van der Waals surface area contributed by atoms with Crippen molar-refractivity contribution in [1.29, 1.82) is 5.26 Å². The number of benzene rings is 1. The summed E-state index contributed by atoms with van der Waals surface area (Å²) in [6, 6.07) is 6.45. The maximum absolute atomic E-state index is 14.3. The van der Waals surface area contributed by atoms with Crippen molar-refractivity contribution >= 4 is 22.7 Å². The molecule has 4 rings (SSSR count). The monoisotopic (exact) mass is 395 g/mol. The molecule has 150 valence electrons. The highest BCUT2D eigenvalue weighted by molar-refractivity contribution is 5.74. The van der Waals surface area contributed by atoms with Gasteiger partial charge in [-0.1, -0.05) is 0 Å². The first-order chi connectivity index (χ1) is 13.8. The average Bonchev–Trinajstić information content (AvgIpc) is 3.13. The molecule has 0 radical (unpaired) electrons. The lowest BCUT2D eigenvalue weighted by Crippen LogP contribution is -2.47. The summed E-state index contributed by atoms with van der Waals surface area (Å²) in [4.78, 5) is 23.9. The molecule has 0 unspecified atom stereocenters. The summed E-state index contributed by atoms with van der Waals surface area (Å²) >= 11 is 0. The van der Waals surface area contributed by atoms with Gasteiger partial charge in [-0.2, -0.15) is 15.3 Å². The minimum atomic E-state index is -0.403. The van der Waals surface area contributed by atoms with Crippen molar-refractivity contribution in [2.24, 2.45) is 0 Å². The molecular formula is C20H22FN7O. The van der Waals surface area contributed by atoms with E-state index in [1.807, 2.05) is 36.6 Å².